The second kappa shape index (κ2) is 6.97. The lowest BCUT2D eigenvalue weighted by atomic mass is 10.1. The minimum absolute atomic E-state index is 0.0934. The Kier molecular flexibility index (Phi) is 5.02. The zero-order chi connectivity index (χ0) is 17.0. The topological polar surface area (TPSA) is 86.5 Å². The predicted octanol–water partition coefficient (Wildman–Crippen LogP) is 3.43. The third-order valence-electron chi connectivity index (χ3n) is 2.88. The molecule has 0 fully saturated rings. The molecule has 2 rings (SSSR count). The molecule has 0 aliphatic heterocycles. The monoisotopic (exact) mass is 337 g/mol. The second-order valence-corrected chi connectivity index (χ2v) is 4.83. The minimum atomic E-state index is -0.889. The number of hydrogen-bond acceptors (Lipinski definition) is 5. The SMILES string of the molecule is O=C(COC(=O)c1ccc([N+](=O)[O-])cc1Cl)c1ccc(F)cc1. The van der Waals surface area contributed by atoms with E-state index in [1.807, 2.05) is 0 Å². The molecule has 0 aliphatic carbocycles. The fourth-order valence-electron chi connectivity index (χ4n) is 1.71. The Bertz CT molecular complexity index is 776. The first kappa shape index (κ1) is 16.6. The molecular formula is C15H9ClFNO5. The van der Waals surface area contributed by atoms with Crippen molar-refractivity contribution in [1.29, 1.82) is 0 Å². The van der Waals surface area contributed by atoms with E-state index in [1.54, 1.807) is 0 Å². The molecule has 0 heterocycles. The number of nitrogens with zero attached hydrogens (tertiary/aromatic N) is 1. The Morgan fingerprint density at radius 2 is 1.83 bits per heavy atom. The Labute approximate surface area is 134 Å². The number of hydrogen-bond donors (Lipinski definition) is 0. The van der Waals surface area contributed by atoms with Crippen molar-refractivity contribution in [2.75, 3.05) is 6.61 Å². The van der Waals surface area contributed by atoms with Gasteiger partial charge in [0.1, 0.15) is 5.82 Å². The summed E-state index contributed by atoms with van der Waals surface area (Å²) < 4.78 is 17.6. The molecule has 0 unspecified atom stereocenters. The summed E-state index contributed by atoms with van der Waals surface area (Å²) in [6, 6.07) is 8.02. The summed E-state index contributed by atoms with van der Waals surface area (Å²) in [4.78, 5) is 33.6. The zero-order valence-electron chi connectivity index (χ0n) is 11.5. The quantitative estimate of drug-likeness (QED) is 0.361. The van der Waals surface area contributed by atoms with Gasteiger partial charge in [0, 0.05) is 17.7 Å². The van der Waals surface area contributed by atoms with Gasteiger partial charge < -0.3 is 4.74 Å². The summed E-state index contributed by atoms with van der Waals surface area (Å²) in [5.74, 6) is -1.90. The van der Waals surface area contributed by atoms with Crippen molar-refractivity contribution >= 4 is 29.0 Å². The molecule has 2 aromatic carbocycles. The number of Topliss-reactive ketones (excluding diaryl/α,β-unsaturated/α-hetero) is 1. The van der Waals surface area contributed by atoms with E-state index in [0.717, 1.165) is 30.3 Å². The van der Waals surface area contributed by atoms with Crippen LogP contribution in [0, 0.1) is 15.9 Å². The number of benzene rings is 2. The number of carbonyl (C=O) groups is 2. The highest BCUT2D eigenvalue weighted by molar-refractivity contribution is 6.33. The zero-order valence-corrected chi connectivity index (χ0v) is 12.2. The molecular weight excluding hydrogens is 329 g/mol. The molecule has 0 aliphatic rings. The number of esters is 1. The number of nitro groups is 1. The van der Waals surface area contributed by atoms with E-state index in [1.165, 1.54) is 12.1 Å². The summed E-state index contributed by atoms with van der Waals surface area (Å²) in [6.07, 6.45) is 0. The predicted molar refractivity (Wildman–Crippen MR) is 79.1 cm³/mol. The van der Waals surface area contributed by atoms with Gasteiger partial charge in [-0.05, 0) is 30.3 Å². The smallest absolute Gasteiger partial charge is 0.340 e. The molecule has 0 saturated heterocycles. The first-order valence-corrected chi connectivity index (χ1v) is 6.66. The molecule has 0 amide bonds. The summed E-state index contributed by atoms with van der Waals surface area (Å²) in [5.41, 5.74) is -0.174. The highest BCUT2D eigenvalue weighted by Crippen LogP contribution is 2.23. The van der Waals surface area contributed by atoms with Crippen LogP contribution >= 0.6 is 11.6 Å². The number of non-ortho nitro benzene ring substituents is 1. The number of halogens is 2. The fourth-order valence-corrected chi connectivity index (χ4v) is 1.96. The molecule has 23 heavy (non-hydrogen) atoms. The lowest BCUT2D eigenvalue weighted by molar-refractivity contribution is -0.384. The van der Waals surface area contributed by atoms with Crippen LogP contribution in [-0.2, 0) is 4.74 Å². The molecule has 0 radical (unpaired) electrons. The first-order valence-electron chi connectivity index (χ1n) is 6.28. The van der Waals surface area contributed by atoms with E-state index in [4.69, 9.17) is 16.3 Å². The lowest BCUT2D eigenvalue weighted by Gasteiger charge is -2.06. The average molecular weight is 338 g/mol. The summed E-state index contributed by atoms with van der Waals surface area (Å²) in [6.45, 7) is -0.558. The van der Waals surface area contributed by atoms with Crippen LogP contribution in [0.4, 0.5) is 10.1 Å². The molecule has 0 saturated carbocycles. The van der Waals surface area contributed by atoms with Gasteiger partial charge in [0.15, 0.2) is 12.4 Å². The Hall–Kier alpha value is -2.80. The first-order chi connectivity index (χ1) is 10.9. The van der Waals surface area contributed by atoms with E-state index < -0.39 is 29.1 Å². The normalized spacial score (nSPS) is 10.2. The van der Waals surface area contributed by atoms with Gasteiger partial charge in [0.25, 0.3) is 5.69 Å². The number of carbonyl (C=O) groups excluding carboxylic acids is 2. The highest BCUT2D eigenvalue weighted by Gasteiger charge is 2.17. The Balaban J connectivity index is 2.03. The van der Waals surface area contributed by atoms with E-state index in [0.29, 0.717) is 0 Å². The number of ketones is 1. The molecule has 0 atom stereocenters. The van der Waals surface area contributed by atoms with Crippen LogP contribution in [-0.4, -0.2) is 23.3 Å². The van der Waals surface area contributed by atoms with Crippen LogP contribution in [0.2, 0.25) is 5.02 Å². The van der Waals surface area contributed by atoms with Gasteiger partial charge in [-0.25, -0.2) is 9.18 Å². The maximum Gasteiger partial charge on any atom is 0.340 e. The molecule has 0 spiro atoms. The Morgan fingerprint density at radius 1 is 1.17 bits per heavy atom. The van der Waals surface area contributed by atoms with Gasteiger partial charge in [-0.15, -0.1) is 0 Å². The van der Waals surface area contributed by atoms with Crippen LogP contribution in [0.1, 0.15) is 20.7 Å². The van der Waals surface area contributed by atoms with Crippen molar-refractivity contribution in [2.45, 2.75) is 0 Å². The largest absolute Gasteiger partial charge is 0.454 e. The molecule has 2 aromatic rings. The fraction of sp³-hybridized carbons (Fsp3) is 0.0667. The van der Waals surface area contributed by atoms with E-state index >= 15 is 0 Å². The standard InChI is InChI=1S/C15H9ClFNO5/c16-13-7-11(18(21)22)5-6-12(13)15(20)23-8-14(19)9-1-3-10(17)4-2-9/h1-7H,8H2. The third-order valence-corrected chi connectivity index (χ3v) is 3.20. The van der Waals surface area contributed by atoms with Crippen LogP contribution in [0.5, 0.6) is 0 Å². The second-order valence-electron chi connectivity index (χ2n) is 4.43. The van der Waals surface area contributed by atoms with Gasteiger partial charge in [-0.3, -0.25) is 14.9 Å². The minimum Gasteiger partial charge on any atom is -0.454 e. The molecule has 0 aromatic heterocycles. The maximum absolute atomic E-state index is 12.8. The van der Waals surface area contributed by atoms with Crippen molar-refractivity contribution in [1.82, 2.24) is 0 Å². The van der Waals surface area contributed by atoms with Crippen molar-refractivity contribution in [3.8, 4) is 0 Å². The van der Waals surface area contributed by atoms with Crippen molar-refractivity contribution in [2.24, 2.45) is 0 Å². The van der Waals surface area contributed by atoms with Crippen molar-refractivity contribution in [3.05, 3.63) is 74.5 Å². The highest BCUT2D eigenvalue weighted by atomic mass is 35.5. The van der Waals surface area contributed by atoms with Crippen LogP contribution < -0.4 is 0 Å². The van der Waals surface area contributed by atoms with Gasteiger partial charge in [0.2, 0.25) is 0 Å². The van der Waals surface area contributed by atoms with Crippen LogP contribution in [0.25, 0.3) is 0 Å². The van der Waals surface area contributed by atoms with Crippen LogP contribution in [0.15, 0.2) is 42.5 Å². The lowest BCUT2D eigenvalue weighted by Crippen LogP contribution is -2.14. The molecule has 8 heteroatoms. The van der Waals surface area contributed by atoms with Gasteiger partial charge in [-0.1, -0.05) is 11.6 Å². The average Bonchev–Trinajstić information content (AvgIpc) is 2.52. The van der Waals surface area contributed by atoms with E-state index in [-0.39, 0.29) is 21.8 Å². The summed E-state index contributed by atoms with van der Waals surface area (Å²) >= 11 is 5.79. The molecule has 118 valence electrons. The number of rotatable bonds is 5. The van der Waals surface area contributed by atoms with Crippen LogP contribution in [0.3, 0.4) is 0 Å². The molecule has 0 N–H and O–H groups in total. The number of nitro benzene ring substituents is 1. The Morgan fingerprint density at radius 3 is 2.39 bits per heavy atom. The van der Waals surface area contributed by atoms with Gasteiger partial charge >= 0.3 is 5.97 Å². The third kappa shape index (κ3) is 4.10. The van der Waals surface area contributed by atoms with E-state index in [2.05, 4.69) is 0 Å². The van der Waals surface area contributed by atoms with Gasteiger partial charge in [-0.2, -0.15) is 0 Å². The number of ether oxygens (including phenoxy) is 1. The molecule has 6 nitrogen and oxygen atoms in total. The van der Waals surface area contributed by atoms with Crippen molar-refractivity contribution in [3.63, 3.8) is 0 Å². The summed E-state index contributed by atoms with van der Waals surface area (Å²) in [5, 5.41) is 10.4. The summed E-state index contributed by atoms with van der Waals surface area (Å²) in [7, 11) is 0. The maximum atomic E-state index is 12.8. The van der Waals surface area contributed by atoms with E-state index in [9.17, 15) is 24.1 Å². The molecule has 0 bridgehead atoms. The van der Waals surface area contributed by atoms with Crippen molar-refractivity contribution < 1.29 is 23.6 Å². The van der Waals surface area contributed by atoms with Gasteiger partial charge in [0.05, 0.1) is 15.5 Å².